The quantitative estimate of drug-likeness (QED) is 0.402. The van der Waals surface area contributed by atoms with Gasteiger partial charge in [-0.25, -0.2) is 0 Å². The number of nitrogens with zero attached hydrogens (tertiary/aromatic N) is 1. The van der Waals surface area contributed by atoms with Gasteiger partial charge in [0.05, 0.1) is 25.5 Å². The third-order valence-corrected chi connectivity index (χ3v) is 4.82. The van der Waals surface area contributed by atoms with Gasteiger partial charge >= 0.3 is 0 Å². The molecule has 1 atom stereocenters. The van der Waals surface area contributed by atoms with Gasteiger partial charge < -0.3 is 23.6 Å². The van der Waals surface area contributed by atoms with Gasteiger partial charge in [-0.2, -0.15) is 0 Å². The lowest BCUT2D eigenvalue weighted by atomic mass is 9.99. The van der Waals surface area contributed by atoms with Gasteiger partial charge in [0.1, 0.15) is 34.8 Å². The molecular formula is C22H19NO6. The van der Waals surface area contributed by atoms with Crippen molar-refractivity contribution in [2.75, 3.05) is 7.11 Å². The number of furan rings is 2. The highest BCUT2D eigenvalue weighted by molar-refractivity contribution is 6.46. The number of likely N-dealkylation sites (tertiary alicyclic amines) is 1. The van der Waals surface area contributed by atoms with Gasteiger partial charge in [-0.05, 0) is 43.3 Å². The van der Waals surface area contributed by atoms with E-state index < -0.39 is 17.7 Å². The number of carbonyl (C=O) groups is 2. The molecule has 1 amide bonds. The molecule has 1 aliphatic heterocycles. The van der Waals surface area contributed by atoms with Gasteiger partial charge in [0.25, 0.3) is 11.7 Å². The number of rotatable bonds is 5. The molecule has 1 saturated heterocycles. The van der Waals surface area contributed by atoms with Crippen molar-refractivity contribution in [3.8, 4) is 5.75 Å². The number of carbonyl (C=O) groups excluding carboxylic acids is 2. The first-order valence-electron chi connectivity index (χ1n) is 9.01. The molecule has 0 spiro atoms. The molecule has 1 aliphatic rings. The predicted octanol–water partition coefficient (Wildman–Crippen LogP) is 3.81. The minimum atomic E-state index is -0.875. The van der Waals surface area contributed by atoms with E-state index in [4.69, 9.17) is 13.6 Å². The van der Waals surface area contributed by atoms with Crippen LogP contribution in [0.1, 0.15) is 28.9 Å². The summed E-state index contributed by atoms with van der Waals surface area (Å²) in [5.41, 5.74) is 0.331. The fraction of sp³-hybridized carbons (Fsp3) is 0.182. The molecule has 0 aliphatic carbocycles. The highest BCUT2D eigenvalue weighted by Crippen LogP contribution is 2.41. The minimum absolute atomic E-state index is 0.0378. The summed E-state index contributed by atoms with van der Waals surface area (Å²) in [6.45, 7) is 1.83. The molecule has 1 aromatic carbocycles. The molecule has 0 radical (unpaired) electrons. The van der Waals surface area contributed by atoms with Crippen LogP contribution in [0.2, 0.25) is 0 Å². The van der Waals surface area contributed by atoms with Crippen molar-refractivity contribution in [1.82, 2.24) is 4.90 Å². The summed E-state index contributed by atoms with van der Waals surface area (Å²) in [5, 5.41) is 11.0. The summed E-state index contributed by atoms with van der Waals surface area (Å²) in [4.78, 5) is 27.0. The molecule has 7 heteroatoms. The first-order chi connectivity index (χ1) is 14.0. The Balaban J connectivity index is 1.86. The maximum atomic E-state index is 12.9. The minimum Gasteiger partial charge on any atom is -0.507 e. The molecule has 1 N–H and O–H groups in total. The number of aryl methyl sites for hydroxylation is 1. The second kappa shape index (κ2) is 7.35. The monoisotopic (exact) mass is 393 g/mol. The van der Waals surface area contributed by atoms with Crippen LogP contribution in [0.4, 0.5) is 0 Å². The fourth-order valence-corrected chi connectivity index (χ4v) is 3.44. The number of ether oxygens (including phenoxy) is 1. The molecule has 7 nitrogen and oxygen atoms in total. The number of ketones is 1. The van der Waals surface area contributed by atoms with Crippen LogP contribution in [-0.2, 0) is 16.1 Å². The zero-order valence-corrected chi connectivity index (χ0v) is 15.9. The number of hydrogen-bond acceptors (Lipinski definition) is 6. The van der Waals surface area contributed by atoms with Gasteiger partial charge in [0, 0.05) is 5.56 Å². The van der Waals surface area contributed by atoms with E-state index in [1.54, 1.807) is 55.5 Å². The Kier molecular flexibility index (Phi) is 4.72. The average Bonchev–Trinajstić information content (AvgIpc) is 3.45. The lowest BCUT2D eigenvalue weighted by Crippen LogP contribution is -2.28. The zero-order valence-electron chi connectivity index (χ0n) is 15.9. The Labute approximate surface area is 166 Å². The third-order valence-electron chi connectivity index (χ3n) is 4.82. The fourth-order valence-electron chi connectivity index (χ4n) is 3.44. The topological polar surface area (TPSA) is 93.1 Å². The van der Waals surface area contributed by atoms with E-state index in [1.807, 2.05) is 0 Å². The Morgan fingerprint density at radius 1 is 1.17 bits per heavy atom. The van der Waals surface area contributed by atoms with Crippen LogP contribution in [0.25, 0.3) is 5.76 Å². The largest absolute Gasteiger partial charge is 0.507 e. The summed E-state index contributed by atoms with van der Waals surface area (Å²) >= 11 is 0. The molecule has 29 heavy (non-hydrogen) atoms. The molecule has 148 valence electrons. The highest BCUT2D eigenvalue weighted by atomic mass is 16.5. The molecule has 1 unspecified atom stereocenters. The third kappa shape index (κ3) is 3.31. The van der Waals surface area contributed by atoms with Crippen molar-refractivity contribution in [3.63, 3.8) is 0 Å². The van der Waals surface area contributed by atoms with Gasteiger partial charge in [-0.3, -0.25) is 9.59 Å². The average molecular weight is 393 g/mol. The molecule has 0 bridgehead atoms. The normalized spacial score (nSPS) is 18.4. The van der Waals surface area contributed by atoms with Gasteiger partial charge in [0.15, 0.2) is 0 Å². The number of aliphatic hydroxyl groups is 1. The first-order valence-corrected chi connectivity index (χ1v) is 9.01. The second-order valence-electron chi connectivity index (χ2n) is 6.69. The molecule has 1 fully saturated rings. The SMILES string of the molecule is COc1cccc(C(O)=C2C(=O)C(=O)N(Cc3ccco3)C2c2ccc(C)o2)c1. The predicted molar refractivity (Wildman–Crippen MR) is 103 cm³/mol. The number of methoxy groups -OCH3 is 1. The van der Waals surface area contributed by atoms with Gasteiger partial charge in [-0.15, -0.1) is 0 Å². The Morgan fingerprint density at radius 3 is 2.66 bits per heavy atom. The van der Waals surface area contributed by atoms with E-state index in [0.29, 0.717) is 28.6 Å². The molecule has 4 rings (SSSR count). The van der Waals surface area contributed by atoms with E-state index in [9.17, 15) is 14.7 Å². The van der Waals surface area contributed by atoms with E-state index in [0.717, 1.165) is 0 Å². The Bertz CT molecular complexity index is 1090. The van der Waals surface area contributed by atoms with Crippen molar-refractivity contribution >= 4 is 17.4 Å². The van der Waals surface area contributed by atoms with Gasteiger partial charge in [-0.1, -0.05) is 12.1 Å². The van der Waals surface area contributed by atoms with E-state index in [2.05, 4.69) is 0 Å². The summed E-state index contributed by atoms with van der Waals surface area (Å²) in [5.74, 6) is 0.248. The summed E-state index contributed by atoms with van der Waals surface area (Å²) < 4.78 is 16.3. The van der Waals surface area contributed by atoms with Crippen molar-refractivity contribution in [2.45, 2.75) is 19.5 Å². The number of Topliss-reactive ketones (excluding diaryl/α,β-unsaturated/α-hetero) is 1. The van der Waals surface area contributed by atoms with Crippen LogP contribution in [0.5, 0.6) is 5.75 Å². The highest BCUT2D eigenvalue weighted by Gasteiger charge is 2.47. The van der Waals surface area contributed by atoms with Crippen molar-refractivity contribution in [1.29, 1.82) is 0 Å². The first kappa shape index (κ1) is 18.6. The van der Waals surface area contributed by atoms with Crippen LogP contribution in [0.3, 0.4) is 0 Å². The van der Waals surface area contributed by atoms with Crippen LogP contribution in [0.15, 0.2) is 69.2 Å². The van der Waals surface area contributed by atoms with E-state index in [-0.39, 0.29) is 17.9 Å². The van der Waals surface area contributed by atoms with E-state index in [1.165, 1.54) is 18.3 Å². The molecule has 2 aromatic heterocycles. The van der Waals surface area contributed by atoms with Crippen LogP contribution < -0.4 is 4.74 Å². The number of amides is 1. The number of hydrogen-bond donors (Lipinski definition) is 1. The second-order valence-corrected chi connectivity index (χ2v) is 6.69. The van der Waals surface area contributed by atoms with Crippen molar-refractivity contribution in [3.05, 3.63) is 83.2 Å². The van der Waals surface area contributed by atoms with Crippen LogP contribution in [0, 0.1) is 6.92 Å². The zero-order chi connectivity index (χ0) is 20.5. The maximum Gasteiger partial charge on any atom is 0.296 e. The summed E-state index contributed by atoms with van der Waals surface area (Å²) in [6, 6.07) is 12.6. The molecular weight excluding hydrogens is 374 g/mol. The Morgan fingerprint density at radius 2 is 2.00 bits per heavy atom. The summed E-state index contributed by atoms with van der Waals surface area (Å²) in [7, 11) is 1.51. The Hall–Kier alpha value is -3.74. The standard InChI is InChI=1S/C22H19NO6/c1-13-8-9-17(29-13)19-18(20(24)14-5-3-6-15(11-14)27-2)21(25)22(26)23(19)12-16-7-4-10-28-16/h3-11,19,24H,12H2,1-2H3. The summed E-state index contributed by atoms with van der Waals surface area (Å²) in [6.07, 6.45) is 1.49. The molecule has 3 aromatic rings. The van der Waals surface area contributed by atoms with Crippen molar-refractivity contribution in [2.24, 2.45) is 0 Å². The lowest BCUT2D eigenvalue weighted by Gasteiger charge is -2.22. The van der Waals surface area contributed by atoms with E-state index >= 15 is 0 Å². The lowest BCUT2D eigenvalue weighted by molar-refractivity contribution is -0.140. The van der Waals surface area contributed by atoms with Gasteiger partial charge in [0.2, 0.25) is 0 Å². The number of aliphatic hydroxyl groups excluding tert-OH is 1. The molecule has 0 saturated carbocycles. The smallest absolute Gasteiger partial charge is 0.296 e. The molecule has 3 heterocycles. The maximum absolute atomic E-state index is 12.9. The number of benzene rings is 1. The van der Waals surface area contributed by atoms with Crippen LogP contribution >= 0.6 is 0 Å². The van der Waals surface area contributed by atoms with Crippen LogP contribution in [-0.4, -0.2) is 28.8 Å². The van der Waals surface area contributed by atoms with Crippen molar-refractivity contribution < 1.29 is 28.3 Å².